The molecule has 4 aromatic rings. The van der Waals surface area contributed by atoms with Gasteiger partial charge < -0.3 is 18.7 Å². The number of halogens is 1. The Bertz CT molecular complexity index is 1890. The minimum atomic E-state index is -2.31. The second-order valence-corrected chi connectivity index (χ2v) is 28.0. The van der Waals surface area contributed by atoms with Crippen LogP contribution in [-0.2, 0) is 20.2 Å². The zero-order valence-corrected chi connectivity index (χ0v) is 37.6. The lowest BCUT2D eigenvalue weighted by Crippen LogP contribution is -2.46. The van der Waals surface area contributed by atoms with Crippen LogP contribution in [0.1, 0.15) is 104 Å². The first-order valence-electron chi connectivity index (χ1n) is 19.9. The normalized spacial score (nSPS) is 13.8. The molecule has 2 atom stereocenters. The highest BCUT2D eigenvalue weighted by atomic mass is 28.4. The molecule has 0 saturated heterocycles. The third-order valence-corrected chi connectivity index (χ3v) is 20.5. The first kappa shape index (κ1) is 43.9. The van der Waals surface area contributed by atoms with Crippen molar-refractivity contribution in [1.82, 2.24) is 4.57 Å². The predicted octanol–water partition coefficient (Wildman–Crippen LogP) is 13.1. The number of anilines is 1. The van der Waals surface area contributed by atoms with Crippen molar-refractivity contribution in [2.24, 2.45) is 5.92 Å². The standard InChI is InChI=1S/C46H65FN2O4Si2/c1-32(2)42-41(44(51)48-37-22-18-15-19-23-37)40(34-20-16-14-17-21-34)43(35-24-26-36(47)27-25-35)49(42)29-28-33(3)30-38(52-54(10,11)45(4,5)6)31-39(50)53-55(12,13)46(7,8)9/h14-27,32-33,38H,28-31H2,1-13H3,(H,48,51)/t33-,38-/m1/s1. The van der Waals surface area contributed by atoms with Gasteiger partial charge in [0, 0.05) is 23.5 Å². The number of carbonyl (C=O) groups excluding carboxylic acids is 2. The topological polar surface area (TPSA) is 69.6 Å². The smallest absolute Gasteiger partial charge is 0.295 e. The van der Waals surface area contributed by atoms with Crippen molar-refractivity contribution in [3.05, 3.63) is 102 Å². The van der Waals surface area contributed by atoms with Gasteiger partial charge in [0.2, 0.25) is 0 Å². The van der Waals surface area contributed by atoms with Crippen LogP contribution in [-0.4, -0.2) is 39.2 Å². The summed E-state index contributed by atoms with van der Waals surface area (Å²) in [6.45, 7) is 28.9. The molecule has 0 fully saturated rings. The van der Waals surface area contributed by atoms with Gasteiger partial charge in [0.15, 0.2) is 8.32 Å². The van der Waals surface area contributed by atoms with Gasteiger partial charge in [-0.1, -0.05) is 111 Å². The second-order valence-electron chi connectivity index (χ2n) is 18.6. The summed E-state index contributed by atoms with van der Waals surface area (Å²) in [5.41, 5.74) is 5.70. The number of rotatable bonds is 15. The Hall–Kier alpha value is -3.80. The van der Waals surface area contributed by atoms with E-state index in [1.165, 1.54) is 12.1 Å². The molecule has 9 heteroatoms. The van der Waals surface area contributed by atoms with Crippen LogP contribution in [0.15, 0.2) is 84.9 Å². The van der Waals surface area contributed by atoms with Gasteiger partial charge in [0.25, 0.3) is 20.2 Å². The van der Waals surface area contributed by atoms with Crippen molar-refractivity contribution in [2.45, 2.75) is 136 Å². The number of nitrogens with one attached hydrogen (secondary N) is 1. The first-order valence-corrected chi connectivity index (χ1v) is 25.7. The molecule has 4 rings (SSSR count). The van der Waals surface area contributed by atoms with E-state index in [2.05, 4.69) is 98.4 Å². The third-order valence-electron chi connectivity index (χ3n) is 11.6. The summed E-state index contributed by atoms with van der Waals surface area (Å²) in [7, 11) is -4.54. The van der Waals surface area contributed by atoms with Crippen LogP contribution in [0, 0.1) is 11.7 Å². The SMILES string of the molecule is CC(C)c1c(C(=O)Nc2ccccc2)c(-c2ccccc2)c(-c2ccc(F)cc2)n1CC[C@@H](C)C[C@H](CC(=O)O[Si](C)(C)C(C)(C)C)O[Si](C)(C)C(C)(C)C. The molecular weight excluding hydrogens is 720 g/mol. The van der Waals surface area contributed by atoms with Crippen molar-refractivity contribution in [3.8, 4) is 22.4 Å². The van der Waals surface area contributed by atoms with E-state index in [0.717, 1.165) is 34.5 Å². The van der Waals surface area contributed by atoms with Crippen LogP contribution in [0.25, 0.3) is 22.4 Å². The van der Waals surface area contributed by atoms with E-state index in [4.69, 9.17) is 8.85 Å². The predicted molar refractivity (Wildman–Crippen MR) is 232 cm³/mol. The number of para-hydroxylation sites is 1. The maximum atomic E-state index is 14.5. The lowest BCUT2D eigenvalue weighted by atomic mass is 9.94. The summed E-state index contributed by atoms with van der Waals surface area (Å²) in [6.07, 6.45) is 1.39. The lowest BCUT2D eigenvalue weighted by molar-refractivity contribution is -0.137. The van der Waals surface area contributed by atoms with E-state index in [9.17, 15) is 14.0 Å². The maximum Gasteiger partial charge on any atom is 0.295 e. The molecule has 6 nitrogen and oxygen atoms in total. The Morgan fingerprint density at radius 3 is 1.84 bits per heavy atom. The van der Waals surface area contributed by atoms with E-state index in [1.807, 2.05) is 60.7 Å². The van der Waals surface area contributed by atoms with Crippen LogP contribution in [0.3, 0.4) is 0 Å². The van der Waals surface area contributed by atoms with Crippen LogP contribution in [0.4, 0.5) is 10.1 Å². The second kappa shape index (κ2) is 17.6. The minimum Gasteiger partial charge on any atom is -0.519 e. The average molecular weight is 785 g/mol. The molecule has 1 N–H and O–H groups in total. The molecule has 1 amide bonds. The van der Waals surface area contributed by atoms with E-state index in [1.54, 1.807) is 12.1 Å². The summed E-state index contributed by atoms with van der Waals surface area (Å²) in [5.74, 6) is -0.533. The molecule has 0 bridgehead atoms. The van der Waals surface area contributed by atoms with Crippen LogP contribution in [0.2, 0.25) is 36.3 Å². The van der Waals surface area contributed by atoms with Gasteiger partial charge >= 0.3 is 0 Å². The van der Waals surface area contributed by atoms with E-state index < -0.39 is 16.6 Å². The fourth-order valence-electron chi connectivity index (χ4n) is 6.56. The molecule has 55 heavy (non-hydrogen) atoms. The highest BCUT2D eigenvalue weighted by Crippen LogP contribution is 2.44. The molecule has 0 aliphatic carbocycles. The Morgan fingerprint density at radius 1 is 0.764 bits per heavy atom. The van der Waals surface area contributed by atoms with Gasteiger partial charge in [0.05, 0.1) is 23.8 Å². The molecule has 298 valence electrons. The molecule has 0 saturated carbocycles. The van der Waals surface area contributed by atoms with Gasteiger partial charge in [0.1, 0.15) is 5.82 Å². The molecule has 3 aromatic carbocycles. The lowest BCUT2D eigenvalue weighted by Gasteiger charge is -2.40. The molecule has 1 aromatic heterocycles. The Labute approximate surface area is 332 Å². The molecule has 0 aliphatic heterocycles. The van der Waals surface area contributed by atoms with Crippen LogP contribution >= 0.6 is 0 Å². The minimum absolute atomic E-state index is 0.0109. The van der Waals surface area contributed by atoms with E-state index in [0.29, 0.717) is 24.2 Å². The maximum absolute atomic E-state index is 14.5. The molecule has 1 heterocycles. The summed E-state index contributed by atoms with van der Waals surface area (Å²) in [6, 6.07) is 26.1. The van der Waals surface area contributed by atoms with Gasteiger partial charge in [-0.3, -0.25) is 9.59 Å². The fraction of sp³-hybridized carbons (Fsp3) is 0.478. The van der Waals surface area contributed by atoms with Gasteiger partial charge in [-0.25, -0.2) is 4.39 Å². The van der Waals surface area contributed by atoms with Crippen molar-refractivity contribution in [2.75, 3.05) is 5.32 Å². The highest BCUT2D eigenvalue weighted by molar-refractivity contribution is 6.75. The van der Waals surface area contributed by atoms with E-state index in [-0.39, 0.29) is 52.1 Å². The summed E-state index contributed by atoms with van der Waals surface area (Å²) >= 11 is 0. The molecule has 0 aliphatic rings. The summed E-state index contributed by atoms with van der Waals surface area (Å²) < 4.78 is 29.9. The van der Waals surface area contributed by atoms with Crippen molar-refractivity contribution in [1.29, 1.82) is 0 Å². The number of carbonyl (C=O) groups is 2. The molecule has 0 radical (unpaired) electrons. The fourth-order valence-corrected chi connectivity index (χ4v) is 8.88. The number of hydrogen-bond acceptors (Lipinski definition) is 4. The number of amides is 1. The van der Waals surface area contributed by atoms with Gasteiger partial charge in [-0.2, -0.15) is 0 Å². The number of nitrogens with zero attached hydrogens (tertiary/aromatic N) is 1. The Kier molecular flexibility index (Phi) is 14.0. The van der Waals surface area contributed by atoms with E-state index >= 15 is 0 Å². The number of hydrogen-bond donors (Lipinski definition) is 1. The zero-order valence-electron chi connectivity index (χ0n) is 35.6. The summed E-state index contributed by atoms with van der Waals surface area (Å²) in [4.78, 5) is 28.1. The third kappa shape index (κ3) is 11.0. The van der Waals surface area contributed by atoms with Gasteiger partial charge in [-0.05, 0) is 108 Å². The first-order chi connectivity index (χ1) is 25.5. The van der Waals surface area contributed by atoms with Gasteiger partial charge in [-0.15, -0.1) is 0 Å². The Morgan fingerprint density at radius 2 is 1.31 bits per heavy atom. The van der Waals surface area contributed by atoms with Crippen molar-refractivity contribution >= 4 is 34.2 Å². The van der Waals surface area contributed by atoms with Crippen molar-refractivity contribution in [3.63, 3.8) is 0 Å². The molecule has 0 unspecified atom stereocenters. The molecular formula is C46H65FN2O4Si2. The van der Waals surface area contributed by atoms with Crippen LogP contribution in [0.5, 0.6) is 0 Å². The zero-order chi connectivity index (χ0) is 40.9. The number of aromatic nitrogens is 1. The highest BCUT2D eigenvalue weighted by Gasteiger charge is 2.43. The average Bonchev–Trinajstić information content (AvgIpc) is 3.42. The van der Waals surface area contributed by atoms with Crippen molar-refractivity contribution < 1.29 is 22.8 Å². The Balaban J connectivity index is 1.78. The van der Waals surface area contributed by atoms with Crippen LogP contribution < -0.4 is 5.32 Å². The molecule has 0 spiro atoms. The number of benzene rings is 3. The monoisotopic (exact) mass is 784 g/mol. The quantitative estimate of drug-likeness (QED) is 0.122. The summed E-state index contributed by atoms with van der Waals surface area (Å²) in [5, 5.41) is 3.05. The largest absolute Gasteiger partial charge is 0.519 e.